The Morgan fingerprint density at radius 3 is 2.89 bits per heavy atom. The molecule has 1 aromatic heterocycles. The van der Waals surface area contributed by atoms with Crippen molar-refractivity contribution < 1.29 is 15.0 Å². The van der Waals surface area contributed by atoms with Gasteiger partial charge in [-0.05, 0) is 17.5 Å². The van der Waals surface area contributed by atoms with Gasteiger partial charge in [-0.15, -0.1) is 0 Å². The molecular formula is C12H13N3O3. The Bertz CT molecular complexity index is 581. The molecule has 5 N–H and O–H groups in total. The molecule has 0 saturated carbocycles. The van der Waals surface area contributed by atoms with Crippen molar-refractivity contribution in [1.29, 1.82) is 0 Å². The fourth-order valence-electron chi connectivity index (χ4n) is 1.72. The maximum atomic E-state index is 10.9. The summed E-state index contributed by atoms with van der Waals surface area (Å²) in [7, 11) is 0. The molecule has 94 valence electrons. The van der Waals surface area contributed by atoms with Crippen LogP contribution in [0.1, 0.15) is 0 Å². The number of benzene rings is 1. The first-order chi connectivity index (χ1) is 8.63. The summed E-state index contributed by atoms with van der Waals surface area (Å²) in [6.07, 6.45) is 1.56. The van der Waals surface area contributed by atoms with E-state index < -0.39 is 18.6 Å². The second-order valence-corrected chi connectivity index (χ2v) is 3.82. The number of aliphatic carboxylic acids is 1. The maximum Gasteiger partial charge on any atom is 0.328 e. The van der Waals surface area contributed by atoms with Crippen LogP contribution >= 0.6 is 0 Å². The smallest absolute Gasteiger partial charge is 0.328 e. The SMILES string of the molecule is Nc1cccc2ccnc(NC(CO)C(=O)O)c12. The molecular weight excluding hydrogens is 234 g/mol. The first kappa shape index (κ1) is 12.1. The first-order valence-corrected chi connectivity index (χ1v) is 5.37. The normalized spacial score (nSPS) is 12.3. The van der Waals surface area contributed by atoms with E-state index in [-0.39, 0.29) is 0 Å². The van der Waals surface area contributed by atoms with Gasteiger partial charge in [0.25, 0.3) is 0 Å². The number of rotatable bonds is 4. The molecule has 6 nitrogen and oxygen atoms in total. The Morgan fingerprint density at radius 1 is 1.44 bits per heavy atom. The average Bonchev–Trinajstić information content (AvgIpc) is 2.35. The summed E-state index contributed by atoms with van der Waals surface area (Å²) < 4.78 is 0. The zero-order chi connectivity index (χ0) is 13.1. The van der Waals surface area contributed by atoms with Gasteiger partial charge in [-0.1, -0.05) is 12.1 Å². The van der Waals surface area contributed by atoms with Crippen LogP contribution < -0.4 is 11.1 Å². The molecule has 0 aliphatic rings. The van der Waals surface area contributed by atoms with E-state index in [1.54, 1.807) is 18.3 Å². The number of carboxylic acid groups (broad SMARTS) is 1. The minimum Gasteiger partial charge on any atom is -0.480 e. The molecule has 2 aromatic rings. The summed E-state index contributed by atoms with van der Waals surface area (Å²) >= 11 is 0. The second-order valence-electron chi connectivity index (χ2n) is 3.82. The van der Waals surface area contributed by atoms with Crippen molar-refractivity contribution in [3.05, 3.63) is 30.5 Å². The van der Waals surface area contributed by atoms with Gasteiger partial charge in [0.05, 0.1) is 6.61 Å². The number of carboxylic acids is 1. The van der Waals surface area contributed by atoms with E-state index in [1.807, 2.05) is 12.1 Å². The topological polar surface area (TPSA) is 108 Å². The van der Waals surface area contributed by atoms with Crippen LogP contribution in [0.3, 0.4) is 0 Å². The Morgan fingerprint density at radius 2 is 2.22 bits per heavy atom. The Kier molecular flexibility index (Phi) is 3.29. The highest BCUT2D eigenvalue weighted by Gasteiger charge is 2.17. The lowest BCUT2D eigenvalue weighted by molar-refractivity contribution is -0.138. The first-order valence-electron chi connectivity index (χ1n) is 5.37. The van der Waals surface area contributed by atoms with E-state index in [4.69, 9.17) is 15.9 Å². The monoisotopic (exact) mass is 247 g/mol. The third-order valence-electron chi connectivity index (χ3n) is 2.62. The van der Waals surface area contributed by atoms with Crippen molar-refractivity contribution in [2.75, 3.05) is 17.7 Å². The maximum absolute atomic E-state index is 10.9. The highest BCUT2D eigenvalue weighted by atomic mass is 16.4. The predicted octanol–water partition coefficient (Wildman–Crippen LogP) is 0.674. The van der Waals surface area contributed by atoms with Crippen molar-refractivity contribution in [2.24, 2.45) is 0 Å². The molecule has 1 aromatic carbocycles. The number of aromatic nitrogens is 1. The zero-order valence-corrected chi connectivity index (χ0v) is 9.50. The number of nitrogens with zero attached hydrogens (tertiary/aromatic N) is 1. The van der Waals surface area contributed by atoms with Gasteiger partial charge < -0.3 is 21.3 Å². The number of nitrogens with one attached hydrogen (secondary N) is 1. The van der Waals surface area contributed by atoms with Crippen LogP contribution in [0.25, 0.3) is 10.8 Å². The second kappa shape index (κ2) is 4.89. The predicted molar refractivity (Wildman–Crippen MR) is 68.3 cm³/mol. The zero-order valence-electron chi connectivity index (χ0n) is 9.50. The number of pyridine rings is 1. The fraction of sp³-hybridized carbons (Fsp3) is 0.167. The van der Waals surface area contributed by atoms with E-state index in [0.29, 0.717) is 16.9 Å². The van der Waals surface area contributed by atoms with Gasteiger partial charge in [-0.2, -0.15) is 0 Å². The Balaban J connectivity index is 2.48. The lowest BCUT2D eigenvalue weighted by Gasteiger charge is -2.14. The van der Waals surface area contributed by atoms with Crippen LogP contribution in [0.2, 0.25) is 0 Å². The molecule has 1 unspecified atom stereocenters. The van der Waals surface area contributed by atoms with E-state index >= 15 is 0 Å². The minimum atomic E-state index is -1.15. The molecule has 0 radical (unpaired) electrons. The molecule has 0 aliphatic heterocycles. The molecule has 18 heavy (non-hydrogen) atoms. The van der Waals surface area contributed by atoms with Crippen molar-refractivity contribution in [2.45, 2.75) is 6.04 Å². The molecule has 0 spiro atoms. The van der Waals surface area contributed by atoms with Gasteiger partial charge in [0.1, 0.15) is 11.9 Å². The van der Waals surface area contributed by atoms with Crippen LogP contribution in [-0.2, 0) is 4.79 Å². The number of nitrogen functional groups attached to an aromatic ring is 1. The largest absolute Gasteiger partial charge is 0.480 e. The number of nitrogens with two attached hydrogens (primary N) is 1. The third-order valence-corrected chi connectivity index (χ3v) is 2.62. The van der Waals surface area contributed by atoms with Crippen molar-refractivity contribution in [3.63, 3.8) is 0 Å². The summed E-state index contributed by atoms with van der Waals surface area (Å²) in [5.41, 5.74) is 6.37. The molecule has 0 aliphatic carbocycles. The highest BCUT2D eigenvalue weighted by Crippen LogP contribution is 2.27. The average molecular weight is 247 g/mol. The standard InChI is InChI=1S/C12H13N3O3/c13-8-3-1-2-7-4-5-14-11(10(7)8)15-9(6-16)12(17)18/h1-5,9,16H,6,13H2,(H,14,15)(H,17,18). The third kappa shape index (κ3) is 2.18. The number of aliphatic hydroxyl groups is 1. The molecule has 2 rings (SSSR count). The van der Waals surface area contributed by atoms with Gasteiger partial charge in [0, 0.05) is 17.3 Å². The van der Waals surface area contributed by atoms with E-state index in [0.717, 1.165) is 5.39 Å². The molecule has 0 fully saturated rings. The summed E-state index contributed by atoms with van der Waals surface area (Å²) in [5, 5.41) is 22.1. The number of hydrogen-bond acceptors (Lipinski definition) is 5. The molecule has 1 heterocycles. The summed E-state index contributed by atoms with van der Waals surface area (Å²) in [6, 6.07) is 6.05. The number of aliphatic hydroxyl groups excluding tert-OH is 1. The number of fused-ring (bicyclic) bond motifs is 1. The van der Waals surface area contributed by atoms with Gasteiger partial charge in [0.15, 0.2) is 0 Å². The summed E-state index contributed by atoms with van der Waals surface area (Å²) in [6.45, 7) is -0.528. The lowest BCUT2D eigenvalue weighted by atomic mass is 10.1. The highest BCUT2D eigenvalue weighted by molar-refractivity contribution is 6.01. The van der Waals surface area contributed by atoms with Crippen molar-refractivity contribution >= 4 is 28.2 Å². The molecule has 0 saturated heterocycles. The van der Waals surface area contributed by atoms with Crippen LogP contribution in [0.5, 0.6) is 0 Å². The minimum absolute atomic E-state index is 0.354. The molecule has 0 bridgehead atoms. The van der Waals surface area contributed by atoms with Crippen molar-refractivity contribution in [1.82, 2.24) is 4.98 Å². The van der Waals surface area contributed by atoms with Crippen LogP contribution in [0, 0.1) is 0 Å². The van der Waals surface area contributed by atoms with E-state index in [1.165, 1.54) is 0 Å². The van der Waals surface area contributed by atoms with Gasteiger partial charge in [-0.3, -0.25) is 0 Å². The Hall–Kier alpha value is -2.34. The lowest BCUT2D eigenvalue weighted by Crippen LogP contribution is -2.33. The van der Waals surface area contributed by atoms with Gasteiger partial charge >= 0.3 is 5.97 Å². The van der Waals surface area contributed by atoms with E-state index in [9.17, 15) is 4.79 Å². The van der Waals surface area contributed by atoms with Gasteiger partial charge in [-0.25, -0.2) is 9.78 Å². The summed E-state index contributed by atoms with van der Waals surface area (Å²) in [4.78, 5) is 14.9. The molecule has 0 amide bonds. The molecule has 6 heteroatoms. The number of anilines is 2. The van der Waals surface area contributed by atoms with Crippen LogP contribution in [0.4, 0.5) is 11.5 Å². The van der Waals surface area contributed by atoms with Crippen molar-refractivity contribution in [3.8, 4) is 0 Å². The number of hydrogen-bond donors (Lipinski definition) is 4. The van der Waals surface area contributed by atoms with E-state index in [2.05, 4.69) is 10.3 Å². The van der Waals surface area contributed by atoms with Gasteiger partial charge in [0.2, 0.25) is 0 Å². The van der Waals surface area contributed by atoms with Crippen LogP contribution in [0.15, 0.2) is 30.5 Å². The summed E-state index contributed by atoms with van der Waals surface area (Å²) in [5.74, 6) is -0.794. The Labute approximate surface area is 103 Å². The van der Waals surface area contributed by atoms with Crippen LogP contribution in [-0.4, -0.2) is 33.8 Å². The molecule has 1 atom stereocenters. The fourth-order valence-corrected chi connectivity index (χ4v) is 1.72. The quantitative estimate of drug-likeness (QED) is 0.591. The number of carbonyl (C=O) groups is 1.